The lowest BCUT2D eigenvalue weighted by molar-refractivity contribution is -0.349. The fraction of sp³-hybridized carbons (Fsp3) is 0.844. The quantitative estimate of drug-likeness (QED) is 0.123. The molecule has 2 saturated heterocycles. The number of esters is 1. The highest BCUT2D eigenvalue weighted by atomic mass is 16.7. The van der Waals surface area contributed by atoms with Gasteiger partial charge in [0, 0.05) is 56.3 Å². The van der Waals surface area contributed by atoms with E-state index >= 15 is 0 Å². The van der Waals surface area contributed by atoms with Gasteiger partial charge in [0.15, 0.2) is 5.79 Å². The summed E-state index contributed by atoms with van der Waals surface area (Å²) in [6, 6.07) is 0. The molecule has 0 saturated carbocycles. The lowest BCUT2D eigenvalue weighted by atomic mass is 9.78. The van der Waals surface area contributed by atoms with Crippen LogP contribution in [0.3, 0.4) is 0 Å². The average molecular weight is 795 g/mol. The van der Waals surface area contributed by atoms with Crippen LogP contribution in [0, 0.1) is 35.5 Å². The number of carbonyl (C=O) groups excluding carboxylic acids is 1. The predicted molar refractivity (Wildman–Crippen MR) is 217 cm³/mol. The molecule has 0 aromatic heterocycles. The first-order valence-corrected chi connectivity index (χ1v) is 21.7. The van der Waals surface area contributed by atoms with Crippen LogP contribution in [0.15, 0.2) is 36.5 Å². The van der Waals surface area contributed by atoms with Crippen LogP contribution in [0.1, 0.15) is 131 Å². The standard InChI is InChI=1S/C45H78O11/c1-8-34-15-11-9-10-12-17-37(48)32(5)38(49)26-35(53-7)27-39(50)33(6)44(52)30(3)18-21-43(51)54-42-28-45(23-22-29(2)41(56-45)25-31(4)47)55-40(20-19-34)36(42)16-13-14-24-46/h9-11,15,18,21,29-42,44,46-50,52H,8,12-14,16-17,19-20,22-28H2,1-7H3/b10-9+,15-11+,21-18+/t29-,30-,31+,32+,33-,34-,35+,36+,37+,38?,39+,40-,41-,42-,44+,45-/m0/s1. The Kier molecular flexibility index (Phi) is 21.2. The fourth-order valence-corrected chi connectivity index (χ4v) is 8.81. The van der Waals surface area contributed by atoms with E-state index in [4.69, 9.17) is 18.9 Å². The topological polar surface area (TPSA) is 175 Å². The third-order valence-electron chi connectivity index (χ3n) is 13.0. The van der Waals surface area contributed by atoms with E-state index < -0.39 is 72.2 Å². The summed E-state index contributed by atoms with van der Waals surface area (Å²) in [7, 11) is 1.53. The monoisotopic (exact) mass is 795 g/mol. The third kappa shape index (κ3) is 15.2. The van der Waals surface area contributed by atoms with Gasteiger partial charge in [0.25, 0.3) is 0 Å². The number of ether oxygens (including phenoxy) is 4. The molecular weight excluding hydrogens is 716 g/mol. The van der Waals surface area contributed by atoms with Gasteiger partial charge in [-0.2, -0.15) is 0 Å². The molecule has 3 aliphatic rings. The lowest BCUT2D eigenvalue weighted by Gasteiger charge is -2.52. The van der Waals surface area contributed by atoms with Crippen molar-refractivity contribution < 1.29 is 54.4 Å². The van der Waals surface area contributed by atoms with Gasteiger partial charge in [-0.1, -0.05) is 71.4 Å². The summed E-state index contributed by atoms with van der Waals surface area (Å²) >= 11 is 0. The molecule has 1 unspecified atom stereocenters. The van der Waals surface area contributed by atoms with Gasteiger partial charge in [0.2, 0.25) is 0 Å². The van der Waals surface area contributed by atoms with Crippen LogP contribution in [0.2, 0.25) is 0 Å². The van der Waals surface area contributed by atoms with Crippen molar-refractivity contribution >= 4 is 5.97 Å². The summed E-state index contributed by atoms with van der Waals surface area (Å²) in [5.74, 6) is -2.55. The van der Waals surface area contributed by atoms with Crippen molar-refractivity contribution in [3.05, 3.63) is 36.5 Å². The zero-order chi connectivity index (χ0) is 41.4. The molecule has 3 aliphatic heterocycles. The van der Waals surface area contributed by atoms with Crippen LogP contribution in [0.5, 0.6) is 0 Å². The van der Waals surface area contributed by atoms with E-state index in [1.165, 1.54) is 13.2 Å². The molecular formula is C45H78O11. The number of unbranched alkanes of at least 4 members (excludes halogenated alkanes) is 1. The van der Waals surface area contributed by atoms with E-state index in [1.54, 1.807) is 26.8 Å². The van der Waals surface area contributed by atoms with E-state index in [-0.39, 0.29) is 49.4 Å². The van der Waals surface area contributed by atoms with Gasteiger partial charge in [-0.05, 0) is 89.4 Å². The Bertz CT molecular complexity index is 1210. The molecule has 11 heteroatoms. The van der Waals surface area contributed by atoms with Crippen molar-refractivity contribution in [1.29, 1.82) is 0 Å². The van der Waals surface area contributed by atoms with E-state index in [1.807, 2.05) is 19.1 Å². The van der Waals surface area contributed by atoms with Gasteiger partial charge in [0.1, 0.15) is 6.10 Å². The molecule has 324 valence electrons. The molecule has 0 aliphatic carbocycles. The van der Waals surface area contributed by atoms with Gasteiger partial charge >= 0.3 is 5.97 Å². The molecule has 0 amide bonds. The summed E-state index contributed by atoms with van der Waals surface area (Å²) < 4.78 is 25.8. The molecule has 2 fully saturated rings. The second-order valence-electron chi connectivity index (χ2n) is 17.5. The normalized spacial score (nSPS) is 42.7. The van der Waals surface area contributed by atoms with Crippen LogP contribution in [-0.2, 0) is 23.7 Å². The van der Waals surface area contributed by atoms with Crippen molar-refractivity contribution in [3.8, 4) is 0 Å². The van der Waals surface area contributed by atoms with Crippen molar-refractivity contribution in [2.75, 3.05) is 13.7 Å². The Morgan fingerprint density at radius 3 is 2.27 bits per heavy atom. The van der Waals surface area contributed by atoms with Gasteiger partial charge in [-0.3, -0.25) is 0 Å². The molecule has 56 heavy (non-hydrogen) atoms. The number of allylic oxidation sites excluding steroid dienone is 4. The zero-order valence-corrected chi connectivity index (χ0v) is 35.5. The van der Waals surface area contributed by atoms with Crippen LogP contribution < -0.4 is 0 Å². The lowest BCUT2D eigenvalue weighted by Crippen LogP contribution is -2.58. The van der Waals surface area contributed by atoms with E-state index in [2.05, 4.69) is 26.0 Å². The summed E-state index contributed by atoms with van der Waals surface area (Å²) in [5.41, 5.74) is 0. The number of hydrogen-bond donors (Lipinski definition) is 6. The molecule has 0 radical (unpaired) electrons. The number of hydrogen-bond acceptors (Lipinski definition) is 11. The molecule has 0 aromatic carbocycles. The van der Waals surface area contributed by atoms with Crippen molar-refractivity contribution in [2.24, 2.45) is 35.5 Å². The first kappa shape index (κ1) is 48.7. The molecule has 2 bridgehead atoms. The highest BCUT2D eigenvalue weighted by molar-refractivity contribution is 5.82. The highest BCUT2D eigenvalue weighted by Crippen LogP contribution is 2.47. The maximum Gasteiger partial charge on any atom is 0.330 e. The smallest absolute Gasteiger partial charge is 0.330 e. The number of aliphatic hydroxyl groups excluding tert-OH is 6. The SMILES string of the molecule is CC[C@H]1/C=C/C=C/CC[C@@H](O)[C@@H](C)C(O)C[C@@H](OC)C[C@@H](O)[C@H](C)[C@H](O)[C@@H](C)/C=C/C(=O)O[C@H]2C[C@@]3(CC[C@H](C)[C@H](C[C@@H](C)O)O3)O[C@@H](CC1)[C@H]2CCCCO. The van der Waals surface area contributed by atoms with Gasteiger partial charge in [-0.25, -0.2) is 4.79 Å². The second-order valence-corrected chi connectivity index (χ2v) is 17.5. The molecule has 6 N–H and O–H groups in total. The molecule has 11 nitrogen and oxygen atoms in total. The van der Waals surface area contributed by atoms with Crippen LogP contribution in [0.25, 0.3) is 0 Å². The summed E-state index contributed by atoms with van der Waals surface area (Å²) in [6.07, 6.45) is 14.3. The molecule has 16 atom stereocenters. The minimum atomic E-state index is -0.977. The molecule has 3 heterocycles. The Morgan fingerprint density at radius 2 is 1.61 bits per heavy atom. The molecule has 3 rings (SSSR count). The highest BCUT2D eigenvalue weighted by Gasteiger charge is 2.52. The Balaban J connectivity index is 1.96. The number of carbonyl (C=O) groups is 1. The third-order valence-corrected chi connectivity index (χ3v) is 13.0. The van der Waals surface area contributed by atoms with Crippen LogP contribution in [-0.4, -0.2) is 111 Å². The van der Waals surface area contributed by atoms with E-state index in [0.29, 0.717) is 44.9 Å². The summed E-state index contributed by atoms with van der Waals surface area (Å²) in [5, 5.41) is 64.2. The van der Waals surface area contributed by atoms with Crippen LogP contribution in [0.4, 0.5) is 0 Å². The van der Waals surface area contributed by atoms with E-state index in [9.17, 15) is 35.4 Å². The minimum absolute atomic E-state index is 0.0764. The van der Waals surface area contributed by atoms with Gasteiger partial charge in [0.05, 0.1) is 48.8 Å². The minimum Gasteiger partial charge on any atom is -0.459 e. The van der Waals surface area contributed by atoms with Crippen molar-refractivity contribution in [3.63, 3.8) is 0 Å². The Morgan fingerprint density at radius 1 is 0.893 bits per heavy atom. The number of methoxy groups -OCH3 is 1. The first-order chi connectivity index (χ1) is 26.6. The van der Waals surface area contributed by atoms with E-state index in [0.717, 1.165) is 32.1 Å². The predicted octanol–water partition coefficient (Wildman–Crippen LogP) is 6.16. The maximum atomic E-state index is 13.6. The van der Waals surface area contributed by atoms with Gasteiger partial charge in [-0.15, -0.1) is 0 Å². The number of aliphatic hydroxyl groups is 6. The maximum absolute atomic E-state index is 13.6. The van der Waals surface area contributed by atoms with Crippen molar-refractivity contribution in [1.82, 2.24) is 0 Å². The van der Waals surface area contributed by atoms with Crippen LogP contribution >= 0.6 is 0 Å². The number of rotatable bonds is 8. The average Bonchev–Trinajstić information content (AvgIpc) is 3.16. The first-order valence-electron chi connectivity index (χ1n) is 21.7. The van der Waals surface area contributed by atoms with Crippen molar-refractivity contribution in [2.45, 2.75) is 192 Å². The fourth-order valence-electron chi connectivity index (χ4n) is 8.81. The largest absolute Gasteiger partial charge is 0.459 e. The summed E-state index contributed by atoms with van der Waals surface area (Å²) in [4.78, 5) is 13.6. The Hall–Kier alpha value is -1.67. The molecule has 1 spiro atoms. The number of fused-ring (bicyclic) bond motifs is 2. The second kappa shape index (κ2) is 24.4. The summed E-state index contributed by atoms with van der Waals surface area (Å²) in [6.45, 7) is 11.5. The molecule has 0 aromatic rings. The Labute approximate surface area is 337 Å². The van der Waals surface area contributed by atoms with Gasteiger partial charge < -0.3 is 49.6 Å². The zero-order valence-electron chi connectivity index (χ0n) is 35.5.